The van der Waals surface area contributed by atoms with Crippen LogP contribution in [0.15, 0.2) is 25.7 Å². The summed E-state index contributed by atoms with van der Waals surface area (Å²) in [5.74, 6) is 1.44. The second-order valence-electron chi connectivity index (χ2n) is 4.53. The van der Waals surface area contributed by atoms with Crippen LogP contribution in [-0.4, -0.2) is 21.7 Å². The van der Waals surface area contributed by atoms with E-state index < -0.39 is 0 Å². The number of nitrogens with zero attached hydrogens (tertiary/aromatic N) is 3. The van der Waals surface area contributed by atoms with Crippen molar-refractivity contribution in [3.63, 3.8) is 0 Å². The average molecular weight is 390 g/mol. The fraction of sp³-hybridized carbons (Fsp3) is 0.417. The molecule has 2 aromatic heterocycles. The highest BCUT2D eigenvalue weighted by molar-refractivity contribution is 9.11. The lowest BCUT2D eigenvalue weighted by Gasteiger charge is -2.13. The summed E-state index contributed by atoms with van der Waals surface area (Å²) in [6.45, 7) is 4.64. The number of hydrogen-bond donors (Lipinski definition) is 1. The Morgan fingerprint density at radius 1 is 1.37 bits per heavy atom. The zero-order valence-corrected chi connectivity index (χ0v) is 13.8. The minimum absolute atomic E-state index is 0.0653. The molecule has 0 radical (unpaired) electrons. The van der Waals surface area contributed by atoms with Crippen molar-refractivity contribution in [1.29, 1.82) is 0 Å². The summed E-state index contributed by atoms with van der Waals surface area (Å²) in [6.07, 6.45) is 1.69. The van der Waals surface area contributed by atoms with Crippen molar-refractivity contribution >= 4 is 31.9 Å². The van der Waals surface area contributed by atoms with Gasteiger partial charge in [0.25, 0.3) is 0 Å². The minimum atomic E-state index is 0.0653. The summed E-state index contributed by atoms with van der Waals surface area (Å²) >= 11 is 6.79. The molecule has 1 atom stereocenters. The first kappa shape index (κ1) is 14.6. The van der Waals surface area contributed by atoms with Crippen molar-refractivity contribution in [3.05, 3.63) is 27.1 Å². The second-order valence-corrected chi connectivity index (χ2v) is 6.30. The van der Waals surface area contributed by atoms with E-state index in [2.05, 4.69) is 60.8 Å². The monoisotopic (exact) mass is 388 g/mol. The van der Waals surface area contributed by atoms with Gasteiger partial charge in [-0.2, -0.15) is 4.98 Å². The number of aromatic nitrogens is 3. The molecule has 0 aliphatic rings. The summed E-state index contributed by atoms with van der Waals surface area (Å²) in [5, 5.41) is 3.98. The number of halogens is 2. The van der Waals surface area contributed by atoms with Crippen LogP contribution in [0.25, 0.3) is 11.5 Å². The van der Waals surface area contributed by atoms with Crippen molar-refractivity contribution in [2.45, 2.75) is 19.8 Å². The lowest BCUT2D eigenvalue weighted by Crippen LogP contribution is -2.18. The van der Waals surface area contributed by atoms with Crippen LogP contribution in [0.4, 0.5) is 0 Å². The Balaban J connectivity index is 2.35. The third kappa shape index (κ3) is 3.21. The van der Waals surface area contributed by atoms with E-state index in [-0.39, 0.29) is 5.92 Å². The Bertz CT molecular complexity index is 571. The highest BCUT2D eigenvalue weighted by Crippen LogP contribution is 2.28. The van der Waals surface area contributed by atoms with Gasteiger partial charge in [0.2, 0.25) is 11.7 Å². The highest BCUT2D eigenvalue weighted by atomic mass is 79.9. The molecule has 2 rings (SSSR count). The van der Waals surface area contributed by atoms with Gasteiger partial charge in [-0.3, -0.25) is 4.98 Å². The van der Waals surface area contributed by atoms with Gasteiger partial charge in [-0.15, -0.1) is 0 Å². The molecule has 0 fully saturated rings. The molecule has 0 bridgehead atoms. The van der Waals surface area contributed by atoms with Gasteiger partial charge in [-0.1, -0.05) is 19.0 Å². The van der Waals surface area contributed by atoms with Crippen LogP contribution in [0.2, 0.25) is 0 Å². The van der Waals surface area contributed by atoms with E-state index in [9.17, 15) is 0 Å². The second kappa shape index (κ2) is 6.11. The van der Waals surface area contributed by atoms with Crippen LogP contribution in [0, 0.1) is 5.92 Å². The Morgan fingerprint density at radius 2 is 2.11 bits per heavy atom. The van der Waals surface area contributed by atoms with E-state index in [0.29, 0.717) is 29.9 Å². The fourth-order valence-corrected chi connectivity index (χ4v) is 2.88. The maximum absolute atomic E-state index is 5.74. The lowest BCUT2D eigenvalue weighted by atomic mass is 9.96. The molecule has 2 heterocycles. The zero-order chi connectivity index (χ0) is 14.0. The maximum Gasteiger partial charge on any atom is 0.231 e. The third-order valence-corrected chi connectivity index (χ3v) is 3.88. The molecule has 0 aromatic carbocycles. The molecule has 0 aliphatic heterocycles. The van der Waals surface area contributed by atoms with Gasteiger partial charge in [-0.25, -0.2) is 0 Å². The van der Waals surface area contributed by atoms with E-state index >= 15 is 0 Å². The SMILES string of the molecule is CC(C)C(CN)c1nc(-c2ncc(Br)cc2Br)no1. The van der Waals surface area contributed by atoms with Gasteiger partial charge in [-0.05, 0) is 43.8 Å². The molecule has 2 N–H and O–H groups in total. The smallest absolute Gasteiger partial charge is 0.231 e. The summed E-state index contributed by atoms with van der Waals surface area (Å²) in [5.41, 5.74) is 6.40. The molecule has 0 saturated heterocycles. The van der Waals surface area contributed by atoms with Crippen LogP contribution in [-0.2, 0) is 0 Å². The van der Waals surface area contributed by atoms with Gasteiger partial charge < -0.3 is 10.3 Å². The Morgan fingerprint density at radius 3 is 2.68 bits per heavy atom. The van der Waals surface area contributed by atoms with E-state index in [4.69, 9.17) is 10.3 Å². The first-order valence-electron chi connectivity index (χ1n) is 5.88. The first-order valence-corrected chi connectivity index (χ1v) is 7.46. The number of rotatable bonds is 4. The Hall–Kier alpha value is -0.790. The van der Waals surface area contributed by atoms with Crippen LogP contribution in [0.1, 0.15) is 25.7 Å². The number of pyridine rings is 1. The zero-order valence-electron chi connectivity index (χ0n) is 10.6. The van der Waals surface area contributed by atoms with Gasteiger partial charge in [0.1, 0.15) is 5.69 Å². The van der Waals surface area contributed by atoms with E-state index in [1.54, 1.807) is 6.20 Å². The molecule has 1 unspecified atom stereocenters. The van der Waals surface area contributed by atoms with E-state index in [1.165, 1.54) is 0 Å². The molecule has 0 amide bonds. The summed E-state index contributed by atoms with van der Waals surface area (Å²) < 4.78 is 7.00. The maximum atomic E-state index is 5.74. The number of nitrogens with two attached hydrogens (primary N) is 1. The highest BCUT2D eigenvalue weighted by Gasteiger charge is 2.22. The average Bonchev–Trinajstić information content (AvgIpc) is 2.78. The first-order chi connectivity index (χ1) is 9.02. The van der Waals surface area contributed by atoms with Crippen molar-refractivity contribution in [2.24, 2.45) is 11.7 Å². The summed E-state index contributed by atoms with van der Waals surface area (Å²) in [6, 6.07) is 1.89. The quantitative estimate of drug-likeness (QED) is 0.867. The molecule has 2 aromatic rings. The van der Waals surface area contributed by atoms with Crippen molar-refractivity contribution < 1.29 is 4.52 Å². The van der Waals surface area contributed by atoms with Crippen molar-refractivity contribution in [3.8, 4) is 11.5 Å². The predicted octanol–water partition coefficient (Wildman–Crippen LogP) is 3.35. The molecular weight excluding hydrogens is 376 g/mol. The van der Waals surface area contributed by atoms with Crippen LogP contribution in [0.3, 0.4) is 0 Å². The topological polar surface area (TPSA) is 77.8 Å². The Labute approximate surface area is 128 Å². The van der Waals surface area contributed by atoms with Crippen molar-refractivity contribution in [2.75, 3.05) is 6.54 Å². The van der Waals surface area contributed by atoms with Crippen LogP contribution in [0.5, 0.6) is 0 Å². The molecule has 0 saturated carbocycles. The van der Waals surface area contributed by atoms with Gasteiger partial charge in [0.15, 0.2) is 0 Å². The molecule has 0 spiro atoms. The standard InChI is InChI=1S/C12H14Br2N4O/c1-6(2)8(4-15)12-17-11(18-19-12)10-9(14)3-7(13)5-16-10/h3,5-6,8H,4,15H2,1-2H3. The summed E-state index contributed by atoms with van der Waals surface area (Å²) in [7, 11) is 0. The van der Waals surface area contributed by atoms with Crippen molar-refractivity contribution in [1.82, 2.24) is 15.1 Å². The van der Waals surface area contributed by atoms with Gasteiger partial charge in [0, 0.05) is 21.7 Å². The summed E-state index contributed by atoms with van der Waals surface area (Å²) in [4.78, 5) is 8.68. The predicted molar refractivity (Wildman–Crippen MR) is 79.6 cm³/mol. The van der Waals surface area contributed by atoms with Gasteiger partial charge >= 0.3 is 0 Å². The van der Waals surface area contributed by atoms with Gasteiger partial charge in [0.05, 0.1) is 5.92 Å². The van der Waals surface area contributed by atoms with E-state index in [0.717, 1.165) is 8.95 Å². The molecule has 102 valence electrons. The van der Waals surface area contributed by atoms with Crippen LogP contribution >= 0.6 is 31.9 Å². The molecule has 5 nitrogen and oxygen atoms in total. The van der Waals surface area contributed by atoms with E-state index in [1.807, 2.05) is 6.07 Å². The molecule has 7 heteroatoms. The largest absolute Gasteiger partial charge is 0.339 e. The molecular formula is C12H14Br2N4O. The third-order valence-electron chi connectivity index (χ3n) is 2.84. The fourth-order valence-electron chi connectivity index (χ4n) is 1.72. The van der Waals surface area contributed by atoms with Crippen LogP contribution < -0.4 is 5.73 Å². The normalized spacial score (nSPS) is 12.9. The number of hydrogen-bond acceptors (Lipinski definition) is 5. The lowest BCUT2D eigenvalue weighted by molar-refractivity contribution is 0.324. The minimum Gasteiger partial charge on any atom is -0.339 e. The molecule has 0 aliphatic carbocycles. The Kier molecular flexibility index (Phi) is 4.70. The molecule has 19 heavy (non-hydrogen) atoms.